The van der Waals surface area contributed by atoms with Crippen LogP contribution >= 0.6 is 15.9 Å². The molecule has 0 spiro atoms. The van der Waals surface area contributed by atoms with E-state index in [9.17, 15) is 9.59 Å². The molecule has 0 radical (unpaired) electrons. The molecule has 4 nitrogen and oxygen atoms in total. The van der Waals surface area contributed by atoms with Crippen molar-refractivity contribution >= 4 is 27.7 Å². The fourth-order valence-corrected chi connectivity index (χ4v) is 2.44. The number of carboxylic acids is 1. The first-order valence-corrected chi connectivity index (χ1v) is 5.30. The summed E-state index contributed by atoms with van der Waals surface area (Å²) in [5, 5.41) is 8.71. The van der Waals surface area contributed by atoms with E-state index in [4.69, 9.17) is 9.84 Å². The minimum absolute atomic E-state index is 0.134. The number of benzene rings is 1. The van der Waals surface area contributed by atoms with Crippen LogP contribution < -0.4 is 4.74 Å². The molecule has 1 aromatic rings. The number of ketones is 1. The predicted octanol–water partition coefficient (Wildman–Crippen LogP) is 2.34. The molecule has 16 heavy (non-hydrogen) atoms. The van der Waals surface area contributed by atoms with Gasteiger partial charge in [0.15, 0.2) is 0 Å². The predicted molar refractivity (Wildman–Crippen MR) is 62.1 cm³/mol. The molecule has 0 aliphatic carbocycles. The van der Waals surface area contributed by atoms with Crippen molar-refractivity contribution in [3.05, 3.63) is 27.2 Å². The van der Waals surface area contributed by atoms with E-state index in [1.807, 2.05) is 6.92 Å². The van der Waals surface area contributed by atoms with Crippen molar-refractivity contribution in [2.45, 2.75) is 13.8 Å². The second kappa shape index (κ2) is 4.65. The van der Waals surface area contributed by atoms with Crippen LogP contribution in [0.2, 0.25) is 0 Å². The molecule has 0 bridgehead atoms. The minimum Gasteiger partial charge on any atom is -0.496 e. The van der Waals surface area contributed by atoms with Crippen LogP contribution in [0.1, 0.15) is 21.5 Å². The average Bonchev–Trinajstić information content (AvgIpc) is 2.17. The third-order valence-corrected chi connectivity index (χ3v) is 2.91. The third-order valence-electron chi connectivity index (χ3n) is 2.28. The molecule has 0 saturated heterocycles. The van der Waals surface area contributed by atoms with Gasteiger partial charge in [0.2, 0.25) is 0 Å². The van der Waals surface area contributed by atoms with Gasteiger partial charge in [-0.1, -0.05) is 15.9 Å². The van der Waals surface area contributed by atoms with E-state index in [1.165, 1.54) is 7.11 Å². The van der Waals surface area contributed by atoms with Crippen LogP contribution in [0.15, 0.2) is 10.5 Å². The van der Waals surface area contributed by atoms with E-state index in [0.29, 0.717) is 15.8 Å². The molecule has 0 atom stereocenters. The van der Waals surface area contributed by atoms with Crippen molar-refractivity contribution in [2.75, 3.05) is 7.11 Å². The van der Waals surface area contributed by atoms with Crippen molar-refractivity contribution in [3.8, 4) is 5.75 Å². The average molecular weight is 287 g/mol. The molecule has 0 aromatic heterocycles. The van der Waals surface area contributed by atoms with Crippen molar-refractivity contribution in [1.82, 2.24) is 0 Å². The summed E-state index contributed by atoms with van der Waals surface area (Å²) in [5.41, 5.74) is 1.51. The van der Waals surface area contributed by atoms with Crippen LogP contribution in [0.25, 0.3) is 0 Å². The summed E-state index contributed by atoms with van der Waals surface area (Å²) < 4.78 is 5.60. The summed E-state index contributed by atoms with van der Waals surface area (Å²) in [6.45, 7) is 3.48. The van der Waals surface area contributed by atoms with Crippen LogP contribution in [-0.4, -0.2) is 24.0 Å². The molecule has 0 heterocycles. The molecule has 0 amide bonds. The maximum absolute atomic E-state index is 11.5. The number of aliphatic carboxylic acids is 1. The van der Waals surface area contributed by atoms with Crippen LogP contribution in [0.3, 0.4) is 0 Å². The highest BCUT2D eigenvalue weighted by molar-refractivity contribution is 9.10. The number of ether oxygens (including phenoxy) is 1. The fraction of sp³-hybridized carbons (Fsp3) is 0.273. The van der Waals surface area contributed by atoms with Crippen molar-refractivity contribution in [3.63, 3.8) is 0 Å². The summed E-state index contributed by atoms with van der Waals surface area (Å²) in [6.07, 6.45) is 0. The van der Waals surface area contributed by atoms with Gasteiger partial charge < -0.3 is 9.84 Å². The summed E-state index contributed by atoms with van der Waals surface area (Å²) in [4.78, 5) is 22.2. The lowest BCUT2D eigenvalue weighted by molar-refractivity contribution is -0.131. The minimum atomic E-state index is -1.48. The van der Waals surface area contributed by atoms with Gasteiger partial charge in [-0.25, -0.2) is 4.79 Å². The molecular formula is C11H11BrO4. The molecule has 0 saturated carbocycles. The maximum atomic E-state index is 11.5. The van der Waals surface area contributed by atoms with Crippen LogP contribution in [-0.2, 0) is 4.79 Å². The monoisotopic (exact) mass is 286 g/mol. The molecule has 5 heteroatoms. The van der Waals surface area contributed by atoms with E-state index < -0.39 is 11.8 Å². The topological polar surface area (TPSA) is 63.6 Å². The normalized spacial score (nSPS) is 10.0. The van der Waals surface area contributed by atoms with Gasteiger partial charge in [-0.3, -0.25) is 4.79 Å². The van der Waals surface area contributed by atoms with Gasteiger partial charge in [0.1, 0.15) is 5.75 Å². The zero-order valence-electron chi connectivity index (χ0n) is 9.13. The van der Waals surface area contributed by atoms with Crippen molar-refractivity contribution < 1.29 is 19.4 Å². The number of aryl methyl sites for hydroxylation is 1. The van der Waals surface area contributed by atoms with E-state index in [1.54, 1.807) is 13.0 Å². The number of carbonyl (C=O) groups is 2. The smallest absolute Gasteiger partial charge is 0.377 e. The molecule has 86 valence electrons. The third kappa shape index (κ3) is 2.09. The summed E-state index contributed by atoms with van der Waals surface area (Å²) in [7, 11) is 1.48. The van der Waals surface area contributed by atoms with Gasteiger partial charge in [-0.2, -0.15) is 0 Å². The van der Waals surface area contributed by atoms with Crippen molar-refractivity contribution in [1.29, 1.82) is 0 Å². The van der Waals surface area contributed by atoms with Gasteiger partial charge in [-0.05, 0) is 25.5 Å². The molecule has 0 aliphatic rings. The van der Waals surface area contributed by atoms with E-state index in [2.05, 4.69) is 15.9 Å². The van der Waals surface area contributed by atoms with Gasteiger partial charge in [0.25, 0.3) is 5.78 Å². The Morgan fingerprint density at radius 3 is 2.38 bits per heavy atom. The zero-order valence-corrected chi connectivity index (χ0v) is 10.7. The molecule has 0 aliphatic heterocycles. The molecule has 1 aromatic carbocycles. The number of methoxy groups -OCH3 is 1. The highest BCUT2D eigenvalue weighted by Crippen LogP contribution is 2.32. The quantitative estimate of drug-likeness (QED) is 0.684. The Morgan fingerprint density at radius 2 is 1.94 bits per heavy atom. The number of halogens is 1. The van der Waals surface area contributed by atoms with Gasteiger partial charge in [-0.15, -0.1) is 0 Å². The van der Waals surface area contributed by atoms with Gasteiger partial charge in [0, 0.05) is 10.0 Å². The number of carboxylic acid groups (broad SMARTS) is 1. The number of Topliss-reactive ketones (excluding diaryl/α,β-unsaturated/α-hetero) is 1. The SMILES string of the molecule is COc1c(C)cc(Br)c(C(=O)C(=O)O)c1C. The van der Waals surface area contributed by atoms with E-state index in [0.717, 1.165) is 5.56 Å². The van der Waals surface area contributed by atoms with E-state index in [-0.39, 0.29) is 5.56 Å². The maximum Gasteiger partial charge on any atom is 0.377 e. The van der Waals surface area contributed by atoms with Crippen LogP contribution in [0, 0.1) is 13.8 Å². The number of hydrogen-bond acceptors (Lipinski definition) is 3. The lowest BCUT2D eigenvalue weighted by Crippen LogP contribution is -2.15. The largest absolute Gasteiger partial charge is 0.496 e. The lowest BCUT2D eigenvalue weighted by Gasteiger charge is -2.13. The standard InChI is InChI=1S/C11H11BrO4/c1-5-4-7(12)8(9(13)11(14)15)6(2)10(5)16-3/h4H,1-3H3,(H,14,15). The summed E-state index contributed by atoms with van der Waals surface area (Å²) >= 11 is 3.19. The Labute approximate surface area is 101 Å². The van der Waals surface area contributed by atoms with Crippen LogP contribution in [0.5, 0.6) is 5.75 Å². The molecule has 0 fully saturated rings. The molecule has 1 N–H and O–H groups in total. The molecular weight excluding hydrogens is 276 g/mol. The summed E-state index contributed by atoms with van der Waals surface area (Å²) in [6, 6.07) is 1.67. The van der Waals surface area contributed by atoms with Crippen LogP contribution in [0.4, 0.5) is 0 Å². The number of hydrogen-bond donors (Lipinski definition) is 1. The zero-order chi connectivity index (χ0) is 12.5. The Morgan fingerprint density at radius 1 is 1.38 bits per heavy atom. The lowest BCUT2D eigenvalue weighted by atomic mass is 10.0. The fourth-order valence-electron chi connectivity index (χ4n) is 1.62. The molecule has 1 rings (SSSR count). The first kappa shape index (κ1) is 12.7. The Bertz CT molecular complexity index is 466. The first-order chi connectivity index (χ1) is 7.40. The van der Waals surface area contributed by atoms with Crippen molar-refractivity contribution in [2.24, 2.45) is 0 Å². The van der Waals surface area contributed by atoms with Gasteiger partial charge >= 0.3 is 5.97 Å². The Balaban J connectivity index is 3.51. The summed E-state index contributed by atoms with van der Waals surface area (Å²) in [5.74, 6) is -1.88. The highest BCUT2D eigenvalue weighted by atomic mass is 79.9. The van der Waals surface area contributed by atoms with Gasteiger partial charge in [0.05, 0.1) is 12.7 Å². The Hall–Kier alpha value is -1.36. The highest BCUT2D eigenvalue weighted by Gasteiger charge is 2.23. The number of rotatable bonds is 3. The second-order valence-corrected chi connectivity index (χ2v) is 4.20. The number of carbonyl (C=O) groups excluding carboxylic acids is 1. The second-order valence-electron chi connectivity index (χ2n) is 3.34. The Kier molecular flexibility index (Phi) is 3.70. The first-order valence-electron chi connectivity index (χ1n) is 4.51. The molecule has 0 unspecified atom stereocenters. The van der Waals surface area contributed by atoms with E-state index >= 15 is 0 Å².